The van der Waals surface area contributed by atoms with Gasteiger partial charge in [-0.05, 0) is 11.1 Å². The second kappa shape index (κ2) is 2.54. The fourth-order valence-electron chi connectivity index (χ4n) is 1.55. The van der Waals surface area contributed by atoms with E-state index in [1.54, 1.807) is 0 Å². The van der Waals surface area contributed by atoms with Crippen LogP contribution in [0, 0.1) is 0 Å². The molecule has 2 unspecified atom stereocenters. The Morgan fingerprint density at radius 3 is 2.82 bits per heavy atom. The van der Waals surface area contributed by atoms with Crippen LogP contribution in [0.1, 0.15) is 16.4 Å². The first-order chi connectivity index (χ1) is 5.29. The molecule has 0 aromatic heterocycles. The van der Waals surface area contributed by atoms with Crippen molar-refractivity contribution >= 4 is 12.6 Å². The molecule has 1 N–H and O–H groups in total. The van der Waals surface area contributed by atoms with Crippen LogP contribution in [0.25, 0.3) is 0 Å². The summed E-state index contributed by atoms with van der Waals surface area (Å²) in [5.74, 6) is 0. The van der Waals surface area contributed by atoms with Crippen molar-refractivity contribution in [2.45, 2.75) is 17.8 Å². The number of aliphatic hydroxyl groups excluding tert-OH is 1. The van der Waals surface area contributed by atoms with Crippen LogP contribution in [0.2, 0.25) is 0 Å². The highest BCUT2D eigenvalue weighted by Crippen LogP contribution is 2.35. The minimum Gasteiger partial charge on any atom is -0.391 e. The number of aliphatic hydroxyl groups is 1. The fraction of sp³-hybridized carbons (Fsp3) is 0.333. The maximum absolute atomic E-state index is 9.44. The number of benzene rings is 1. The molecule has 1 nitrogen and oxygen atoms in total. The van der Waals surface area contributed by atoms with Crippen LogP contribution in [0.4, 0.5) is 0 Å². The van der Waals surface area contributed by atoms with Gasteiger partial charge in [-0.3, -0.25) is 0 Å². The van der Waals surface area contributed by atoms with E-state index < -0.39 is 0 Å². The molecule has 2 atom stereocenters. The molecule has 0 saturated carbocycles. The summed E-state index contributed by atoms with van der Waals surface area (Å²) in [5, 5.41) is 9.46. The van der Waals surface area contributed by atoms with Crippen LogP contribution in [0.15, 0.2) is 24.3 Å². The molecule has 1 aliphatic rings. The summed E-state index contributed by atoms with van der Waals surface area (Å²) < 4.78 is 0. The van der Waals surface area contributed by atoms with Gasteiger partial charge in [-0.2, -0.15) is 12.6 Å². The van der Waals surface area contributed by atoms with Gasteiger partial charge < -0.3 is 5.11 Å². The third-order valence-corrected chi connectivity index (χ3v) is 2.79. The third kappa shape index (κ3) is 1.06. The van der Waals surface area contributed by atoms with Crippen LogP contribution in [0.5, 0.6) is 0 Å². The molecular formula is C9H10OS. The molecule has 0 spiro atoms. The topological polar surface area (TPSA) is 20.2 Å². The monoisotopic (exact) mass is 166 g/mol. The van der Waals surface area contributed by atoms with E-state index in [1.807, 2.05) is 18.2 Å². The van der Waals surface area contributed by atoms with Crippen LogP contribution >= 0.6 is 12.6 Å². The van der Waals surface area contributed by atoms with E-state index in [0.717, 1.165) is 6.42 Å². The van der Waals surface area contributed by atoms with E-state index in [2.05, 4.69) is 18.7 Å². The number of rotatable bonds is 0. The highest BCUT2D eigenvalue weighted by molar-refractivity contribution is 7.80. The Labute approximate surface area is 71.5 Å². The molecule has 1 aromatic carbocycles. The van der Waals surface area contributed by atoms with Crippen molar-refractivity contribution in [2.24, 2.45) is 0 Å². The number of hydrogen-bond donors (Lipinski definition) is 2. The fourth-order valence-corrected chi connectivity index (χ4v) is 1.91. The summed E-state index contributed by atoms with van der Waals surface area (Å²) in [7, 11) is 0. The second-order valence-electron chi connectivity index (χ2n) is 2.92. The van der Waals surface area contributed by atoms with E-state index in [-0.39, 0.29) is 11.4 Å². The van der Waals surface area contributed by atoms with Crippen LogP contribution in [-0.4, -0.2) is 11.2 Å². The second-order valence-corrected chi connectivity index (χ2v) is 3.47. The van der Waals surface area contributed by atoms with Gasteiger partial charge in [-0.15, -0.1) is 0 Å². The summed E-state index contributed by atoms with van der Waals surface area (Å²) in [4.78, 5) is 0. The predicted molar refractivity (Wildman–Crippen MR) is 47.9 cm³/mol. The lowest BCUT2D eigenvalue weighted by molar-refractivity contribution is 0.184. The van der Waals surface area contributed by atoms with Crippen LogP contribution in [0.3, 0.4) is 0 Å². The molecule has 2 heteroatoms. The molecule has 0 amide bonds. The van der Waals surface area contributed by atoms with Gasteiger partial charge >= 0.3 is 0 Å². The van der Waals surface area contributed by atoms with E-state index in [9.17, 15) is 5.11 Å². The molecule has 0 aliphatic heterocycles. The first-order valence-corrected chi connectivity index (χ1v) is 4.24. The molecule has 58 valence electrons. The van der Waals surface area contributed by atoms with Crippen molar-refractivity contribution in [3.8, 4) is 0 Å². The SMILES string of the molecule is OC1Cc2ccccc2C1S. The molecule has 0 bridgehead atoms. The average molecular weight is 166 g/mol. The Kier molecular flexibility index (Phi) is 1.66. The van der Waals surface area contributed by atoms with Gasteiger partial charge in [0.25, 0.3) is 0 Å². The lowest BCUT2D eigenvalue weighted by Gasteiger charge is -2.06. The quantitative estimate of drug-likeness (QED) is 0.561. The number of thiol groups is 1. The molecule has 2 rings (SSSR count). The average Bonchev–Trinajstić information content (AvgIpc) is 2.30. The highest BCUT2D eigenvalue weighted by atomic mass is 32.1. The molecule has 0 radical (unpaired) electrons. The van der Waals surface area contributed by atoms with Crippen molar-refractivity contribution in [3.05, 3.63) is 35.4 Å². The van der Waals surface area contributed by atoms with Crippen molar-refractivity contribution in [3.63, 3.8) is 0 Å². The summed E-state index contributed by atoms with van der Waals surface area (Å²) in [6.45, 7) is 0. The summed E-state index contributed by atoms with van der Waals surface area (Å²) in [5.41, 5.74) is 2.42. The smallest absolute Gasteiger partial charge is 0.0737 e. The maximum atomic E-state index is 9.44. The van der Waals surface area contributed by atoms with Gasteiger partial charge in [0.1, 0.15) is 0 Å². The van der Waals surface area contributed by atoms with Gasteiger partial charge in [0, 0.05) is 6.42 Å². The minimum atomic E-state index is -0.296. The molecule has 11 heavy (non-hydrogen) atoms. The van der Waals surface area contributed by atoms with Gasteiger partial charge in [-0.1, -0.05) is 24.3 Å². The summed E-state index contributed by atoms with van der Waals surface area (Å²) in [6, 6.07) is 8.06. The van der Waals surface area contributed by atoms with Crippen LogP contribution < -0.4 is 0 Å². The molecule has 0 fully saturated rings. The van der Waals surface area contributed by atoms with E-state index >= 15 is 0 Å². The lowest BCUT2D eigenvalue weighted by Crippen LogP contribution is -2.07. The van der Waals surface area contributed by atoms with E-state index in [0.29, 0.717) is 0 Å². The van der Waals surface area contributed by atoms with Gasteiger partial charge in [0.2, 0.25) is 0 Å². The maximum Gasteiger partial charge on any atom is 0.0737 e. The largest absolute Gasteiger partial charge is 0.391 e. The first-order valence-electron chi connectivity index (χ1n) is 3.73. The highest BCUT2D eigenvalue weighted by Gasteiger charge is 2.27. The summed E-state index contributed by atoms with van der Waals surface area (Å²) in [6.07, 6.45) is 0.459. The zero-order valence-corrected chi connectivity index (χ0v) is 6.96. The van der Waals surface area contributed by atoms with Crippen molar-refractivity contribution in [1.82, 2.24) is 0 Å². The Bertz CT molecular complexity index is 272. The Morgan fingerprint density at radius 2 is 2.09 bits per heavy atom. The molecule has 1 aromatic rings. The predicted octanol–water partition coefficient (Wildman–Crippen LogP) is 1.57. The van der Waals surface area contributed by atoms with Crippen molar-refractivity contribution in [2.75, 3.05) is 0 Å². The standard InChI is InChI=1S/C9H10OS/c10-8-5-6-3-1-2-4-7(6)9(8)11/h1-4,8-11H,5H2. The van der Waals surface area contributed by atoms with Gasteiger partial charge in [0.15, 0.2) is 0 Å². The first kappa shape index (κ1) is 7.19. The molecule has 0 heterocycles. The van der Waals surface area contributed by atoms with Crippen molar-refractivity contribution < 1.29 is 5.11 Å². The zero-order valence-electron chi connectivity index (χ0n) is 6.07. The molecular weight excluding hydrogens is 156 g/mol. The normalized spacial score (nSPS) is 28.5. The third-order valence-electron chi connectivity index (χ3n) is 2.17. The lowest BCUT2D eigenvalue weighted by atomic mass is 10.1. The number of hydrogen-bond acceptors (Lipinski definition) is 2. The van der Waals surface area contributed by atoms with Gasteiger partial charge in [0.05, 0.1) is 11.4 Å². The Hall–Kier alpha value is -0.470. The minimum absolute atomic E-state index is 0.0196. The van der Waals surface area contributed by atoms with Crippen molar-refractivity contribution in [1.29, 1.82) is 0 Å². The van der Waals surface area contributed by atoms with Gasteiger partial charge in [-0.25, -0.2) is 0 Å². The van der Waals surface area contributed by atoms with E-state index in [1.165, 1.54) is 11.1 Å². The van der Waals surface area contributed by atoms with E-state index in [4.69, 9.17) is 0 Å². The Balaban J connectivity index is 2.47. The Morgan fingerprint density at radius 1 is 1.36 bits per heavy atom. The molecule has 0 saturated heterocycles. The molecule has 1 aliphatic carbocycles. The van der Waals surface area contributed by atoms with Crippen LogP contribution in [-0.2, 0) is 6.42 Å². The summed E-state index contributed by atoms with van der Waals surface area (Å²) >= 11 is 4.32. The number of fused-ring (bicyclic) bond motifs is 1. The zero-order chi connectivity index (χ0) is 7.84.